The number of anilines is 1. The molecule has 1 unspecified atom stereocenters. The lowest BCUT2D eigenvalue weighted by molar-refractivity contribution is 0.536. The lowest BCUT2D eigenvalue weighted by Gasteiger charge is -2.32. The molecule has 0 bridgehead atoms. The van der Waals surface area contributed by atoms with Gasteiger partial charge in [0, 0.05) is 6.21 Å². The van der Waals surface area contributed by atoms with Crippen LogP contribution in [0.2, 0.25) is 0 Å². The third-order valence-electron chi connectivity index (χ3n) is 2.08. The van der Waals surface area contributed by atoms with Crippen LogP contribution in [0.25, 0.3) is 0 Å². The lowest BCUT2D eigenvalue weighted by Crippen LogP contribution is -2.59. The Bertz CT molecular complexity index is 349. The summed E-state index contributed by atoms with van der Waals surface area (Å²) in [5.41, 5.74) is 6.89. The molecule has 1 aromatic carbocycles. The van der Waals surface area contributed by atoms with Gasteiger partial charge in [-0.3, -0.25) is 21.7 Å². The second-order valence-electron chi connectivity index (χ2n) is 2.88. The zero-order chi connectivity index (χ0) is 9.97. The molecule has 1 atom stereocenters. The maximum absolute atomic E-state index is 5.40. The summed E-state index contributed by atoms with van der Waals surface area (Å²) in [6.45, 7) is 0. The Morgan fingerprint density at radius 1 is 1.29 bits per heavy atom. The summed E-state index contributed by atoms with van der Waals surface area (Å²) >= 11 is 0. The van der Waals surface area contributed by atoms with E-state index in [1.807, 2.05) is 24.3 Å². The van der Waals surface area contributed by atoms with Crippen molar-refractivity contribution in [3.8, 4) is 0 Å². The van der Waals surface area contributed by atoms with Crippen LogP contribution >= 0.6 is 0 Å². The lowest BCUT2D eigenvalue weighted by atomic mass is 10.2. The van der Waals surface area contributed by atoms with Gasteiger partial charge in [-0.1, -0.05) is 12.1 Å². The number of hydrazine groups is 3. The molecule has 0 saturated heterocycles. The molecule has 6 heteroatoms. The molecule has 0 aromatic heterocycles. The zero-order valence-corrected chi connectivity index (χ0v) is 7.51. The maximum atomic E-state index is 5.40. The van der Waals surface area contributed by atoms with E-state index in [1.165, 1.54) is 0 Å². The summed E-state index contributed by atoms with van der Waals surface area (Å²) in [5.74, 6) is 10.8. The van der Waals surface area contributed by atoms with E-state index in [9.17, 15) is 0 Å². The summed E-state index contributed by atoms with van der Waals surface area (Å²) in [4.78, 5) is 4.24. The number of para-hydroxylation sites is 2. The minimum atomic E-state index is -0.241. The third kappa shape index (κ3) is 1.36. The molecule has 0 radical (unpaired) electrons. The van der Waals surface area contributed by atoms with Gasteiger partial charge in [0.05, 0.1) is 11.4 Å². The number of fused-ring (bicyclic) bond motifs is 1. The highest BCUT2D eigenvalue weighted by atomic mass is 15.7. The number of nitrogens with zero attached hydrogens (tertiary/aromatic N) is 2. The van der Waals surface area contributed by atoms with Crippen molar-refractivity contribution < 1.29 is 0 Å². The van der Waals surface area contributed by atoms with E-state index in [1.54, 1.807) is 11.2 Å². The van der Waals surface area contributed by atoms with Crippen molar-refractivity contribution in [3.05, 3.63) is 24.3 Å². The van der Waals surface area contributed by atoms with E-state index in [4.69, 9.17) is 11.7 Å². The summed E-state index contributed by atoms with van der Waals surface area (Å²) in [6.07, 6.45) is 1.44. The van der Waals surface area contributed by atoms with Crippen LogP contribution in [0.1, 0.15) is 0 Å². The highest BCUT2D eigenvalue weighted by Gasteiger charge is 2.20. The first-order valence-corrected chi connectivity index (χ1v) is 4.21. The Kier molecular flexibility index (Phi) is 2.42. The molecule has 1 heterocycles. The topological polar surface area (TPSA) is 91.7 Å². The van der Waals surface area contributed by atoms with Crippen LogP contribution in [0.3, 0.4) is 0 Å². The normalized spacial score (nSPS) is 19.6. The van der Waals surface area contributed by atoms with Crippen molar-refractivity contribution in [3.63, 3.8) is 0 Å². The first-order chi connectivity index (χ1) is 6.86. The Hall–Kier alpha value is -1.47. The molecule has 0 fully saturated rings. The molecule has 14 heavy (non-hydrogen) atoms. The predicted octanol–water partition coefficient (Wildman–Crippen LogP) is -0.623. The van der Waals surface area contributed by atoms with E-state index >= 15 is 0 Å². The zero-order valence-electron chi connectivity index (χ0n) is 7.51. The van der Waals surface area contributed by atoms with Crippen molar-refractivity contribution in [1.29, 1.82) is 0 Å². The van der Waals surface area contributed by atoms with Crippen LogP contribution < -0.4 is 27.7 Å². The van der Waals surface area contributed by atoms with Gasteiger partial charge in [-0.05, 0) is 12.1 Å². The molecular weight excluding hydrogens is 180 g/mol. The number of hydrogen-bond acceptors (Lipinski definition) is 6. The van der Waals surface area contributed by atoms with Gasteiger partial charge in [-0.15, -0.1) is 0 Å². The van der Waals surface area contributed by atoms with Gasteiger partial charge in [0.1, 0.15) is 6.17 Å². The molecule has 0 aliphatic carbocycles. The highest BCUT2D eigenvalue weighted by molar-refractivity contribution is 5.83. The standard InChI is InChI=1S/C8H12N6/c9-12-8-5-11-6-3-1-2-4-7(6)14(8)13-10/h1-5,8,12-13H,9-10H2. The average molecular weight is 192 g/mol. The fraction of sp³-hybridized carbons (Fsp3) is 0.125. The average Bonchev–Trinajstić information content (AvgIpc) is 2.27. The van der Waals surface area contributed by atoms with Crippen molar-refractivity contribution in [1.82, 2.24) is 11.0 Å². The fourth-order valence-corrected chi connectivity index (χ4v) is 1.41. The Morgan fingerprint density at radius 3 is 2.79 bits per heavy atom. The Morgan fingerprint density at radius 2 is 2.07 bits per heavy atom. The number of hydrogen-bond donors (Lipinski definition) is 4. The second kappa shape index (κ2) is 3.72. The minimum absolute atomic E-state index is 0.241. The van der Waals surface area contributed by atoms with Crippen LogP contribution in [0, 0.1) is 0 Å². The van der Waals surface area contributed by atoms with Crippen LogP contribution in [0.15, 0.2) is 29.3 Å². The van der Waals surface area contributed by atoms with E-state index in [0.29, 0.717) is 0 Å². The van der Waals surface area contributed by atoms with Gasteiger partial charge >= 0.3 is 0 Å². The van der Waals surface area contributed by atoms with Crippen molar-refractivity contribution in [2.45, 2.75) is 6.17 Å². The summed E-state index contributed by atoms with van der Waals surface area (Å²) in [5, 5.41) is 1.70. The van der Waals surface area contributed by atoms with Crippen LogP contribution in [0.5, 0.6) is 0 Å². The van der Waals surface area contributed by atoms with Gasteiger partial charge in [0.15, 0.2) is 0 Å². The van der Waals surface area contributed by atoms with Crippen LogP contribution in [0.4, 0.5) is 11.4 Å². The quantitative estimate of drug-likeness (QED) is 0.370. The first kappa shape index (κ1) is 9.10. The van der Waals surface area contributed by atoms with E-state index < -0.39 is 0 Å². The SMILES string of the molecule is NNC1C=Nc2ccccc2N1NN. The second-order valence-corrected chi connectivity index (χ2v) is 2.88. The van der Waals surface area contributed by atoms with Crippen LogP contribution in [-0.4, -0.2) is 12.4 Å². The molecule has 0 amide bonds. The maximum Gasteiger partial charge on any atom is 0.144 e. The van der Waals surface area contributed by atoms with Crippen molar-refractivity contribution in [2.24, 2.45) is 16.7 Å². The number of rotatable bonds is 2. The Balaban J connectivity index is 2.42. The fourth-order valence-electron chi connectivity index (χ4n) is 1.41. The minimum Gasteiger partial charge on any atom is -0.269 e. The van der Waals surface area contributed by atoms with E-state index in [-0.39, 0.29) is 6.17 Å². The number of nitrogens with one attached hydrogen (secondary N) is 2. The molecule has 1 aliphatic rings. The Labute approximate surface area is 81.5 Å². The van der Waals surface area contributed by atoms with Gasteiger partial charge in [-0.25, -0.2) is 5.43 Å². The first-order valence-electron chi connectivity index (χ1n) is 4.21. The highest BCUT2D eigenvalue weighted by Crippen LogP contribution is 2.30. The van der Waals surface area contributed by atoms with Gasteiger partial charge in [0.25, 0.3) is 0 Å². The van der Waals surface area contributed by atoms with E-state index in [2.05, 4.69) is 16.0 Å². The molecular formula is C8H12N6. The molecule has 6 nitrogen and oxygen atoms in total. The predicted molar refractivity (Wildman–Crippen MR) is 55.5 cm³/mol. The largest absolute Gasteiger partial charge is 0.269 e. The van der Waals surface area contributed by atoms with Gasteiger partial charge < -0.3 is 0 Å². The van der Waals surface area contributed by atoms with Crippen molar-refractivity contribution >= 4 is 17.6 Å². The smallest absolute Gasteiger partial charge is 0.144 e. The van der Waals surface area contributed by atoms with Gasteiger partial charge in [0.2, 0.25) is 0 Å². The number of aliphatic imine (C=N–C) groups is 1. The van der Waals surface area contributed by atoms with Gasteiger partial charge in [-0.2, -0.15) is 5.53 Å². The summed E-state index contributed by atoms with van der Waals surface area (Å²) in [6, 6.07) is 7.65. The van der Waals surface area contributed by atoms with E-state index in [0.717, 1.165) is 11.4 Å². The monoisotopic (exact) mass is 192 g/mol. The van der Waals surface area contributed by atoms with Crippen LogP contribution in [-0.2, 0) is 0 Å². The molecule has 0 spiro atoms. The third-order valence-corrected chi connectivity index (χ3v) is 2.08. The molecule has 0 saturated carbocycles. The summed E-state index contributed by atoms with van der Waals surface area (Å²) < 4.78 is 0. The number of benzene rings is 1. The summed E-state index contributed by atoms with van der Waals surface area (Å²) in [7, 11) is 0. The molecule has 1 aliphatic heterocycles. The number of nitrogens with two attached hydrogens (primary N) is 2. The molecule has 2 rings (SSSR count). The molecule has 6 N–H and O–H groups in total. The molecule has 1 aromatic rings. The molecule has 74 valence electrons. The van der Waals surface area contributed by atoms with Crippen molar-refractivity contribution in [2.75, 3.05) is 5.01 Å².